The molecule has 2 N–H and O–H groups in total. The van der Waals surface area contributed by atoms with Gasteiger partial charge in [-0.25, -0.2) is 22.4 Å². The normalized spacial score (nSPS) is 17.6. The third-order valence-electron chi connectivity index (χ3n) is 3.15. The van der Waals surface area contributed by atoms with Crippen molar-refractivity contribution in [3.8, 4) is 0 Å². The number of benzene rings is 1. The molecule has 2 rings (SSSR count). The van der Waals surface area contributed by atoms with E-state index in [0.717, 1.165) is 24.1 Å². The fraction of sp³-hybridized carbons (Fsp3) is 0.462. The molecule has 9 heteroatoms. The standard InChI is InChI=1S/C13H14F4N2O3/c1-22-12(21)10(20)4-18-7-2-8(14)11(9(15)3-7)19-5-13(16,17)6-19/h2-3,10,18,20H,4-6H2,1H3/t10-/m1/s1. The molecular formula is C13H14F4N2O3. The van der Waals surface area contributed by atoms with E-state index >= 15 is 0 Å². The number of nitrogens with one attached hydrogen (secondary N) is 1. The van der Waals surface area contributed by atoms with Crippen LogP contribution >= 0.6 is 0 Å². The largest absolute Gasteiger partial charge is 0.467 e. The van der Waals surface area contributed by atoms with Gasteiger partial charge in [-0.15, -0.1) is 0 Å². The van der Waals surface area contributed by atoms with Crippen LogP contribution in [0.3, 0.4) is 0 Å². The SMILES string of the molecule is COC(=O)[C@H](O)CNc1cc(F)c(N2CC(F)(F)C2)c(F)c1. The molecule has 1 saturated heterocycles. The van der Waals surface area contributed by atoms with Crippen LogP contribution in [0.5, 0.6) is 0 Å². The predicted octanol–water partition coefficient (Wildman–Crippen LogP) is 1.37. The second-order valence-corrected chi connectivity index (χ2v) is 4.92. The highest BCUT2D eigenvalue weighted by Crippen LogP contribution is 2.36. The summed E-state index contributed by atoms with van der Waals surface area (Å²) in [4.78, 5) is 11.9. The van der Waals surface area contributed by atoms with Gasteiger partial charge in [-0.1, -0.05) is 0 Å². The van der Waals surface area contributed by atoms with Crippen molar-refractivity contribution in [1.29, 1.82) is 0 Å². The number of aliphatic hydroxyl groups is 1. The summed E-state index contributed by atoms with van der Waals surface area (Å²) in [6, 6.07) is 1.80. The zero-order chi connectivity index (χ0) is 16.5. The Hall–Kier alpha value is -2.03. The Morgan fingerprint density at radius 2 is 1.95 bits per heavy atom. The van der Waals surface area contributed by atoms with E-state index in [1.807, 2.05) is 0 Å². The van der Waals surface area contributed by atoms with Crippen molar-refractivity contribution in [3.63, 3.8) is 0 Å². The quantitative estimate of drug-likeness (QED) is 0.633. The maximum absolute atomic E-state index is 13.9. The molecule has 22 heavy (non-hydrogen) atoms. The minimum Gasteiger partial charge on any atom is -0.467 e. The monoisotopic (exact) mass is 322 g/mol. The van der Waals surface area contributed by atoms with E-state index in [1.54, 1.807) is 0 Å². The van der Waals surface area contributed by atoms with E-state index in [9.17, 15) is 27.5 Å². The summed E-state index contributed by atoms with van der Waals surface area (Å²) < 4.78 is 57.5. The molecule has 1 aliphatic heterocycles. The molecule has 1 aromatic rings. The van der Waals surface area contributed by atoms with Gasteiger partial charge in [0.05, 0.1) is 26.7 Å². The van der Waals surface area contributed by atoms with Crippen molar-refractivity contribution in [2.75, 3.05) is 37.0 Å². The number of hydrogen-bond donors (Lipinski definition) is 2. The second-order valence-electron chi connectivity index (χ2n) is 4.92. The molecule has 0 bridgehead atoms. The lowest BCUT2D eigenvalue weighted by molar-refractivity contribution is -0.149. The van der Waals surface area contributed by atoms with Gasteiger partial charge in [-0.05, 0) is 12.1 Å². The van der Waals surface area contributed by atoms with Crippen molar-refractivity contribution in [2.24, 2.45) is 0 Å². The van der Waals surface area contributed by atoms with Gasteiger partial charge < -0.3 is 20.1 Å². The van der Waals surface area contributed by atoms with Crippen LogP contribution in [-0.2, 0) is 9.53 Å². The van der Waals surface area contributed by atoms with Gasteiger partial charge in [0.25, 0.3) is 5.92 Å². The number of rotatable bonds is 5. The Labute approximate surface area is 123 Å². The van der Waals surface area contributed by atoms with Gasteiger partial charge in [0, 0.05) is 5.69 Å². The van der Waals surface area contributed by atoms with E-state index in [-0.39, 0.29) is 12.2 Å². The van der Waals surface area contributed by atoms with E-state index in [1.165, 1.54) is 0 Å². The van der Waals surface area contributed by atoms with Crippen LogP contribution < -0.4 is 10.2 Å². The summed E-state index contributed by atoms with van der Waals surface area (Å²) in [7, 11) is 1.09. The van der Waals surface area contributed by atoms with Crippen molar-refractivity contribution in [1.82, 2.24) is 0 Å². The maximum atomic E-state index is 13.9. The van der Waals surface area contributed by atoms with Gasteiger partial charge in [-0.2, -0.15) is 0 Å². The fourth-order valence-electron chi connectivity index (χ4n) is 2.07. The summed E-state index contributed by atoms with van der Waals surface area (Å²) in [6.45, 7) is -1.80. The van der Waals surface area contributed by atoms with E-state index in [2.05, 4.69) is 10.1 Å². The molecule has 1 aromatic carbocycles. The molecule has 0 unspecified atom stereocenters. The number of aliphatic hydroxyl groups excluding tert-OH is 1. The molecule has 0 aromatic heterocycles. The van der Waals surface area contributed by atoms with Crippen LogP contribution in [0.2, 0.25) is 0 Å². The number of hydrogen-bond acceptors (Lipinski definition) is 5. The van der Waals surface area contributed by atoms with Gasteiger partial charge in [0.1, 0.15) is 5.69 Å². The van der Waals surface area contributed by atoms with Crippen LogP contribution in [0.25, 0.3) is 0 Å². The van der Waals surface area contributed by atoms with Crippen molar-refractivity contribution in [2.45, 2.75) is 12.0 Å². The first-order chi connectivity index (χ1) is 10.2. The Bertz CT molecular complexity index is 551. The molecule has 1 aliphatic rings. The number of nitrogens with zero attached hydrogens (tertiary/aromatic N) is 1. The Morgan fingerprint density at radius 3 is 2.41 bits per heavy atom. The maximum Gasteiger partial charge on any atom is 0.336 e. The zero-order valence-corrected chi connectivity index (χ0v) is 11.6. The van der Waals surface area contributed by atoms with Crippen molar-refractivity contribution < 1.29 is 32.2 Å². The van der Waals surface area contributed by atoms with Crippen LogP contribution in [0.15, 0.2) is 12.1 Å². The van der Waals surface area contributed by atoms with Gasteiger partial charge >= 0.3 is 5.97 Å². The summed E-state index contributed by atoms with van der Waals surface area (Å²) in [5, 5.41) is 11.8. The molecule has 0 radical (unpaired) electrons. The molecule has 0 amide bonds. The minimum atomic E-state index is -2.94. The topological polar surface area (TPSA) is 61.8 Å². The van der Waals surface area contributed by atoms with Gasteiger partial charge in [0.2, 0.25) is 0 Å². The summed E-state index contributed by atoms with van der Waals surface area (Å²) >= 11 is 0. The Balaban J connectivity index is 2.05. The minimum absolute atomic E-state index is 0.0333. The third kappa shape index (κ3) is 3.41. The number of alkyl halides is 2. The number of anilines is 2. The number of carbonyl (C=O) groups is 1. The number of carbonyl (C=O) groups excluding carboxylic acids is 1. The number of ether oxygens (including phenoxy) is 1. The molecule has 1 fully saturated rings. The van der Waals surface area contributed by atoms with Crippen LogP contribution in [0, 0.1) is 11.6 Å². The van der Waals surface area contributed by atoms with Crippen LogP contribution in [0.1, 0.15) is 0 Å². The van der Waals surface area contributed by atoms with Gasteiger partial charge in [0.15, 0.2) is 17.7 Å². The van der Waals surface area contributed by atoms with E-state index < -0.39 is 48.4 Å². The second kappa shape index (κ2) is 5.99. The number of methoxy groups -OCH3 is 1. The molecule has 122 valence electrons. The van der Waals surface area contributed by atoms with Crippen LogP contribution in [-0.4, -0.2) is 49.8 Å². The van der Waals surface area contributed by atoms with Crippen LogP contribution in [0.4, 0.5) is 28.9 Å². The molecule has 0 saturated carbocycles. The first-order valence-corrected chi connectivity index (χ1v) is 6.35. The third-order valence-corrected chi connectivity index (χ3v) is 3.15. The fourth-order valence-corrected chi connectivity index (χ4v) is 2.07. The smallest absolute Gasteiger partial charge is 0.336 e. The summed E-state index contributed by atoms with van der Waals surface area (Å²) in [5.41, 5.74) is -0.557. The first kappa shape index (κ1) is 16.3. The van der Waals surface area contributed by atoms with Crippen molar-refractivity contribution in [3.05, 3.63) is 23.8 Å². The highest BCUT2D eigenvalue weighted by Gasteiger charge is 2.45. The van der Waals surface area contributed by atoms with E-state index in [0.29, 0.717) is 0 Å². The Morgan fingerprint density at radius 1 is 1.41 bits per heavy atom. The predicted molar refractivity (Wildman–Crippen MR) is 70.0 cm³/mol. The lowest BCUT2D eigenvalue weighted by Gasteiger charge is -2.40. The molecular weight excluding hydrogens is 308 g/mol. The average molecular weight is 322 g/mol. The summed E-state index contributed by atoms with van der Waals surface area (Å²) in [6.07, 6.45) is -1.50. The van der Waals surface area contributed by atoms with Gasteiger partial charge in [-0.3, -0.25) is 0 Å². The number of esters is 1. The molecule has 0 aliphatic carbocycles. The molecule has 5 nitrogen and oxygen atoms in total. The molecule has 0 spiro atoms. The first-order valence-electron chi connectivity index (χ1n) is 6.35. The molecule has 1 heterocycles. The van der Waals surface area contributed by atoms with E-state index in [4.69, 9.17) is 0 Å². The lowest BCUT2D eigenvalue weighted by atomic mass is 10.1. The molecule has 1 atom stereocenters. The average Bonchev–Trinajstić information content (AvgIpc) is 2.41. The van der Waals surface area contributed by atoms with Crippen molar-refractivity contribution >= 4 is 17.3 Å². The Kier molecular flexibility index (Phi) is 4.45. The lowest BCUT2D eigenvalue weighted by Crippen LogP contribution is -2.57. The zero-order valence-electron chi connectivity index (χ0n) is 11.6. The number of halogens is 4. The highest BCUT2D eigenvalue weighted by atomic mass is 19.3. The summed E-state index contributed by atoms with van der Waals surface area (Å²) in [5.74, 6) is -5.86. The highest BCUT2D eigenvalue weighted by molar-refractivity contribution is 5.75.